The van der Waals surface area contributed by atoms with Gasteiger partial charge in [0.05, 0.1) is 5.69 Å². The molecule has 4 nitrogen and oxygen atoms in total. The lowest BCUT2D eigenvalue weighted by Gasteiger charge is -2.11. The summed E-state index contributed by atoms with van der Waals surface area (Å²) in [4.78, 5) is 0. The molecule has 7 heteroatoms. The number of rotatable bonds is 2. The van der Waals surface area contributed by atoms with E-state index in [1.807, 2.05) is 19.1 Å². The lowest BCUT2D eigenvalue weighted by Crippen LogP contribution is -2.03. The SMILES string of the molecule is Cc1cc(Br)c(-n2c(CO)n[nH]c2=S)c(Br)c1. The van der Waals surface area contributed by atoms with E-state index in [2.05, 4.69) is 42.1 Å². The first-order valence-corrected chi connectivity index (χ1v) is 6.77. The highest BCUT2D eigenvalue weighted by atomic mass is 79.9. The molecule has 1 heterocycles. The van der Waals surface area contributed by atoms with Gasteiger partial charge in [0.2, 0.25) is 0 Å². The maximum absolute atomic E-state index is 9.25. The van der Waals surface area contributed by atoms with E-state index in [-0.39, 0.29) is 6.61 Å². The summed E-state index contributed by atoms with van der Waals surface area (Å²) in [6.45, 7) is 1.82. The van der Waals surface area contributed by atoms with Crippen LogP contribution in [0.1, 0.15) is 11.4 Å². The Morgan fingerprint density at radius 1 is 1.41 bits per heavy atom. The van der Waals surface area contributed by atoms with Crippen LogP contribution in [-0.2, 0) is 6.61 Å². The molecule has 0 aliphatic heterocycles. The summed E-state index contributed by atoms with van der Waals surface area (Å²) >= 11 is 12.2. The molecule has 90 valence electrons. The van der Waals surface area contributed by atoms with E-state index in [0.29, 0.717) is 10.6 Å². The van der Waals surface area contributed by atoms with Crippen LogP contribution in [0, 0.1) is 11.7 Å². The highest BCUT2D eigenvalue weighted by molar-refractivity contribution is 9.11. The number of aliphatic hydroxyl groups excluding tert-OH is 1. The maximum atomic E-state index is 9.25. The summed E-state index contributed by atoms with van der Waals surface area (Å²) in [5.74, 6) is 0.472. The van der Waals surface area contributed by atoms with Gasteiger partial charge < -0.3 is 5.11 Å². The Balaban J connectivity index is 2.77. The topological polar surface area (TPSA) is 53.8 Å². The summed E-state index contributed by atoms with van der Waals surface area (Å²) < 4.78 is 3.91. The minimum absolute atomic E-state index is 0.181. The molecule has 0 spiro atoms. The van der Waals surface area contributed by atoms with E-state index in [0.717, 1.165) is 20.2 Å². The first kappa shape index (κ1) is 12.9. The lowest BCUT2D eigenvalue weighted by molar-refractivity contribution is 0.268. The number of aromatic nitrogens is 3. The standard InChI is InChI=1S/C10H9Br2N3OS/c1-5-2-6(11)9(7(12)3-5)15-8(4-16)13-14-10(15)17/h2-3,16H,4H2,1H3,(H,14,17). The van der Waals surface area contributed by atoms with Crippen LogP contribution in [0.4, 0.5) is 0 Å². The Bertz CT molecular complexity index is 597. The first-order chi connectivity index (χ1) is 8.04. The predicted molar refractivity (Wildman–Crippen MR) is 74.8 cm³/mol. The zero-order valence-electron chi connectivity index (χ0n) is 8.87. The number of benzene rings is 1. The molecule has 0 unspecified atom stereocenters. The lowest BCUT2D eigenvalue weighted by atomic mass is 10.2. The van der Waals surface area contributed by atoms with E-state index in [1.165, 1.54) is 0 Å². The van der Waals surface area contributed by atoms with Crippen molar-refractivity contribution < 1.29 is 5.11 Å². The summed E-state index contributed by atoms with van der Waals surface area (Å²) in [5, 5.41) is 15.9. The van der Waals surface area contributed by atoms with Crippen LogP contribution >= 0.6 is 44.1 Å². The quantitative estimate of drug-likeness (QED) is 0.788. The maximum Gasteiger partial charge on any atom is 0.200 e. The smallest absolute Gasteiger partial charge is 0.200 e. The van der Waals surface area contributed by atoms with E-state index < -0.39 is 0 Å². The van der Waals surface area contributed by atoms with Crippen LogP contribution < -0.4 is 0 Å². The molecule has 0 amide bonds. The van der Waals surface area contributed by atoms with Gasteiger partial charge in [-0.2, -0.15) is 5.10 Å². The fourth-order valence-corrected chi connectivity index (χ4v) is 3.58. The number of aliphatic hydroxyl groups is 1. The molecule has 0 aliphatic rings. The van der Waals surface area contributed by atoms with Crippen molar-refractivity contribution >= 4 is 44.1 Å². The molecule has 0 fully saturated rings. The van der Waals surface area contributed by atoms with Gasteiger partial charge in [0.25, 0.3) is 0 Å². The molecule has 2 rings (SSSR count). The second-order valence-electron chi connectivity index (χ2n) is 3.52. The molecule has 0 saturated carbocycles. The number of H-pyrrole nitrogens is 1. The van der Waals surface area contributed by atoms with Crippen molar-refractivity contribution in [3.63, 3.8) is 0 Å². The van der Waals surface area contributed by atoms with Crippen molar-refractivity contribution in [3.8, 4) is 5.69 Å². The van der Waals surface area contributed by atoms with Crippen LogP contribution in [0.2, 0.25) is 0 Å². The third-order valence-electron chi connectivity index (χ3n) is 2.27. The van der Waals surface area contributed by atoms with E-state index in [9.17, 15) is 5.11 Å². The van der Waals surface area contributed by atoms with Crippen LogP contribution in [0.15, 0.2) is 21.1 Å². The molecule has 0 bridgehead atoms. The Labute approximate surface area is 120 Å². The second kappa shape index (κ2) is 5.01. The van der Waals surface area contributed by atoms with Gasteiger partial charge in [-0.3, -0.25) is 9.67 Å². The normalized spacial score (nSPS) is 10.8. The highest BCUT2D eigenvalue weighted by Gasteiger charge is 2.14. The van der Waals surface area contributed by atoms with Crippen molar-refractivity contribution in [2.45, 2.75) is 13.5 Å². The number of aromatic amines is 1. The van der Waals surface area contributed by atoms with Crippen LogP contribution in [0.25, 0.3) is 5.69 Å². The summed E-state index contributed by atoms with van der Waals surface area (Å²) in [6.07, 6.45) is 0. The van der Waals surface area contributed by atoms with Crippen molar-refractivity contribution in [2.75, 3.05) is 0 Å². The molecular weight excluding hydrogens is 370 g/mol. The minimum atomic E-state index is -0.181. The summed E-state index contributed by atoms with van der Waals surface area (Å²) in [6, 6.07) is 3.96. The van der Waals surface area contributed by atoms with E-state index in [1.54, 1.807) is 4.57 Å². The molecule has 0 saturated heterocycles. The molecule has 2 N–H and O–H groups in total. The van der Waals surface area contributed by atoms with Gasteiger partial charge in [-0.1, -0.05) is 0 Å². The Morgan fingerprint density at radius 2 is 2.00 bits per heavy atom. The number of hydrogen-bond acceptors (Lipinski definition) is 3. The third kappa shape index (κ3) is 2.37. The molecule has 17 heavy (non-hydrogen) atoms. The number of nitrogens with zero attached hydrogens (tertiary/aromatic N) is 2. The van der Waals surface area contributed by atoms with Crippen molar-refractivity contribution in [3.05, 3.63) is 37.2 Å². The number of halogens is 2. The number of aryl methyl sites for hydroxylation is 1. The Hall–Kier alpha value is -0.500. The second-order valence-corrected chi connectivity index (χ2v) is 5.61. The van der Waals surface area contributed by atoms with Gasteiger partial charge in [0, 0.05) is 8.95 Å². The van der Waals surface area contributed by atoms with Gasteiger partial charge in [0.1, 0.15) is 6.61 Å². The minimum Gasteiger partial charge on any atom is -0.388 e. The van der Waals surface area contributed by atoms with Crippen molar-refractivity contribution in [1.29, 1.82) is 0 Å². The van der Waals surface area contributed by atoms with Crippen LogP contribution in [0.3, 0.4) is 0 Å². The fourth-order valence-electron chi connectivity index (χ4n) is 1.57. The van der Waals surface area contributed by atoms with Crippen molar-refractivity contribution in [1.82, 2.24) is 14.8 Å². The number of hydrogen-bond donors (Lipinski definition) is 2. The Kier molecular flexibility index (Phi) is 3.82. The zero-order chi connectivity index (χ0) is 12.6. The van der Waals surface area contributed by atoms with E-state index in [4.69, 9.17) is 12.2 Å². The first-order valence-electron chi connectivity index (χ1n) is 4.77. The highest BCUT2D eigenvalue weighted by Crippen LogP contribution is 2.31. The average Bonchev–Trinajstić information content (AvgIpc) is 2.59. The third-order valence-corrected chi connectivity index (χ3v) is 3.75. The van der Waals surface area contributed by atoms with Gasteiger partial charge in [-0.15, -0.1) is 0 Å². The fraction of sp³-hybridized carbons (Fsp3) is 0.200. The molecule has 2 aromatic rings. The molecule has 1 aromatic heterocycles. The molecule has 0 aliphatic carbocycles. The largest absolute Gasteiger partial charge is 0.388 e. The average molecular weight is 379 g/mol. The monoisotopic (exact) mass is 377 g/mol. The van der Waals surface area contributed by atoms with Gasteiger partial charge in [-0.05, 0) is 68.7 Å². The molecule has 1 aromatic carbocycles. The zero-order valence-corrected chi connectivity index (χ0v) is 12.9. The summed E-state index contributed by atoms with van der Waals surface area (Å²) in [5.41, 5.74) is 1.95. The molecule has 0 radical (unpaired) electrons. The van der Waals surface area contributed by atoms with E-state index >= 15 is 0 Å². The summed E-state index contributed by atoms with van der Waals surface area (Å²) in [7, 11) is 0. The van der Waals surface area contributed by atoms with Crippen molar-refractivity contribution in [2.24, 2.45) is 0 Å². The Morgan fingerprint density at radius 3 is 2.53 bits per heavy atom. The van der Waals surface area contributed by atoms with Gasteiger partial charge in [-0.25, -0.2) is 0 Å². The van der Waals surface area contributed by atoms with Crippen LogP contribution in [-0.4, -0.2) is 19.9 Å². The van der Waals surface area contributed by atoms with Gasteiger partial charge in [0.15, 0.2) is 10.6 Å². The molecule has 0 atom stereocenters. The number of nitrogens with one attached hydrogen (secondary N) is 1. The molecular formula is C10H9Br2N3OS. The van der Waals surface area contributed by atoms with Crippen LogP contribution in [0.5, 0.6) is 0 Å². The van der Waals surface area contributed by atoms with Gasteiger partial charge >= 0.3 is 0 Å². The predicted octanol–water partition coefficient (Wildman–Crippen LogP) is 3.26.